The second kappa shape index (κ2) is 8.74. The number of aryl methyl sites for hydroxylation is 1. The maximum absolute atomic E-state index is 5.70. The average Bonchev–Trinajstić information content (AvgIpc) is 2.83. The second-order valence-electron chi connectivity index (χ2n) is 4.80. The van der Waals surface area contributed by atoms with Crippen molar-refractivity contribution < 1.29 is 0 Å². The van der Waals surface area contributed by atoms with Gasteiger partial charge in [-0.05, 0) is 12.0 Å². The zero-order valence-electron chi connectivity index (χ0n) is 11.9. The Hall–Kier alpha value is -1.36. The van der Waals surface area contributed by atoms with E-state index in [4.69, 9.17) is 5.73 Å². The first-order valence-electron chi connectivity index (χ1n) is 6.71. The second-order valence-corrected chi connectivity index (χ2v) is 4.80. The Kier molecular flexibility index (Phi) is 7.30. The van der Waals surface area contributed by atoms with Crippen LogP contribution < -0.4 is 5.73 Å². The number of rotatable bonds is 7. The summed E-state index contributed by atoms with van der Waals surface area (Å²) in [5.74, 6) is 0. The predicted molar refractivity (Wildman–Crippen MR) is 84.9 cm³/mol. The van der Waals surface area contributed by atoms with Crippen molar-refractivity contribution in [1.29, 1.82) is 0 Å². The van der Waals surface area contributed by atoms with Gasteiger partial charge in [0.1, 0.15) is 0 Å². The summed E-state index contributed by atoms with van der Waals surface area (Å²) in [4.78, 5) is 6.54. The molecule has 4 nitrogen and oxygen atoms in total. The highest BCUT2D eigenvalue weighted by atomic mass is 35.5. The van der Waals surface area contributed by atoms with Crippen LogP contribution in [0.4, 0.5) is 0 Å². The van der Waals surface area contributed by atoms with Crippen LogP contribution in [0.5, 0.6) is 0 Å². The molecule has 0 aliphatic heterocycles. The van der Waals surface area contributed by atoms with Gasteiger partial charge in [0.2, 0.25) is 0 Å². The summed E-state index contributed by atoms with van der Waals surface area (Å²) in [6, 6.07) is 10.6. The van der Waals surface area contributed by atoms with Gasteiger partial charge in [-0.1, -0.05) is 30.3 Å². The van der Waals surface area contributed by atoms with Gasteiger partial charge in [-0.2, -0.15) is 0 Å². The Bertz CT molecular complexity index is 484. The zero-order valence-corrected chi connectivity index (χ0v) is 12.7. The molecule has 2 N–H and O–H groups in total. The van der Waals surface area contributed by atoms with Crippen molar-refractivity contribution in [3.05, 3.63) is 54.1 Å². The molecule has 0 radical (unpaired) electrons. The molecule has 1 heterocycles. The van der Waals surface area contributed by atoms with Crippen molar-refractivity contribution in [2.75, 3.05) is 19.6 Å². The minimum absolute atomic E-state index is 0. The van der Waals surface area contributed by atoms with Crippen LogP contribution in [0, 0.1) is 0 Å². The number of nitrogens with zero attached hydrogens (tertiary/aromatic N) is 3. The lowest BCUT2D eigenvalue weighted by atomic mass is 10.1. The highest BCUT2D eigenvalue weighted by Crippen LogP contribution is 2.06. The third kappa shape index (κ3) is 4.96. The Labute approximate surface area is 127 Å². The Morgan fingerprint density at radius 3 is 2.55 bits per heavy atom. The summed E-state index contributed by atoms with van der Waals surface area (Å²) >= 11 is 0. The lowest BCUT2D eigenvalue weighted by molar-refractivity contribution is 0.270. The van der Waals surface area contributed by atoms with Gasteiger partial charge in [-0.25, -0.2) is 4.98 Å². The van der Waals surface area contributed by atoms with Crippen LogP contribution in [0.2, 0.25) is 0 Å². The summed E-state index contributed by atoms with van der Waals surface area (Å²) in [6.07, 6.45) is 4.82. The average molecular weight is 295 g/mol. The quantitative estimate of drug-likeness (QED) is 0.848. The SMILES string of the molecule is Cl.Cn1cncc1CN(CCN)CCc1ccccc1. The number of nitrogens with two attached hydrogens (primary N) is 1. The molecule has 0 aliphatic rings. The molecular weight excluding hydrogens is 272 g/mol. The van der Waals surface area contributed by atoms with E-state index in [-0.39, 0.29) is 12.4 Å². The molecule has 20 heavy (non-hydrogen) atoms. The molecule has 0 unspecified atom stereocenters. The molecule has 0 spiro atoms. The first kappa shape index (κ1) is 16.7. The van der Waals surface area contributed by atoms with Crippen molar-refractivity contribution in [2.24, 2.45) is 12.8 Å². The van der Waals surface area contributed by atoms with Crippen LogP contribution in [0.1, 0.15) is 11.3 Å². The Morgan fingerprint density at radius 1 is 1.20 bits per heavy atom. The minimum Gasteiger partial charge on any atom is -0.337 e. The Balaban J connectivity index is 0.00000200. The van der Waals surface area contributed by atoms with Gasteiger partial charge < -0.3 is 10.3 Å². The number of aromatic nitrogens is 2. The molecule has 2 aromatic rings. The molecule has 0 fully saturated rings. The van der Waals surface area contributed by atoms with Crippen LogP contribution in [-0.4, -0.2) is 34.1 Å². The Morgan fingerprint density at radius 2 is 1.95 bits per heavy atom. The van der Waals surface area contributed by atoms with Gasteiger partial charge in [0.05, 0.1) is 12.0 Å². The maximum Gasteiger partial charge on any atom is 0.0945 e. The molecular formula is C15H23ClN4. The van der Waals surface area contributed by atoms with Crippen LogP contribution in [-0.2, 0) is 20.0 Å². The summed E-state index contributed by atoms with van der Waals surface area (Å²) in [5.41, 5.74) is 8.29. The van der Waals surface area contributed by atoms with Gasteiger partial charge in [0.25, 0.3) is 0 Å². The van der Waals surface area contributed by atoms with E-state index in [0.29, 0.717) is 6.54 Å². The topological polar surface area (TPSA) is 47.1 Å². The van der Waals surface area contributed by atoms with Crippen LogP contribution in [0.25, 0.3) is 0 Å². The number of halogens is 1. The molecule has 1 aromatic carbocycles. The number of imidazole rings is 1. The largest absolute Gasteiger partial charge is 0.337 e. The molecule has 0 saturated carbocycles. The van der Waals surface area contributed by atoms with Gasteiger partial charge in [-0.15, -0.1) is 12.4 Å². The fraction of sp³-hybridized carbons (Fsp3) is 0.400. The standard InChI is InChI=1S/C15H22N4.ClH/c1-18-13-17-11-15(18)12-19(10-8-16)9-7-14-5-3-2-4-6-14;/h2-6,11,13H,7-10,12,16H2,1H3;1H. The monoisotopic (exact) mass is 294 g/mol. The fourth-order valence-corrected chi connectivity index (χ4v) is 2.15. The maximum atomic E-state index is 5.70. The van der Waals surface area contributed by atoms with Crippen molar-refractivity contribution in [3.63, 3.8) is 0 Å². The van der Waals surface area contributed by atoms with Crippen molar-refractivity contribution in [1.82, 2.24) is 14.5 Å². The molecule has 0 aliphatic carbocycles. The summed E-state index contributed by atoms with van der Waals surface area (Å²) in [5, 5.41) is 0. The molecule has 110 valence electrons. The predicted octanol–water partition coefficient (Wildman–Crippen LogP) is 1.85. The van der Waals surface area contributed by atoms with E-state index >= 15 is 0 Å². The van der Waals surface area contributed by atoms with Crippen LogP contribution >= 0.6 is 12.4 Å². The fourth-order valence-electron chi connectivity index (χ4n) is 2.15. The summed E-state index contributed by atoms with van der Waals surface area (Å²) in [6.45, 7) is 3.53. The van der Waals surface area contributed by atoms with Crippen molar-refractivity contribution in [3.8, 4) is 0 Å². The number of benzene rings is 1. The first-order chi connectivity index (χ1) is 9.29. The van der Waals surface area contributed by atoms with Gasteiger partial charge >= 0.3 is 0 Å². The normalized spacial score (nSPS) is 10.6. The third-order valence-corrected chi connectivity index (χ3v) is 3.31. The molecule has 0 bridgehead atoms. The van der Waals surface area contributed by atoms with Crippen molar-refractivity contribution in [2.45, 2.75) is 13.0 Å². The van der Waals surface area contributed by atoms with E-state index in [2.05, 4.69) is 44.8 Å². The molecule has 0 saturated heterocycles. The van der Waals surface area contributed by atoms with E-state index in [1.54, 1.807) is 0 Å². The van der Waals surface area contributed by atoms with Crippen LogP contribution in [0.15, 0.2) is 42.9 Å². The molecule has 1 aromatic heterocycles. The summed E-state index contributed by atoms with van der Waals surface area (Å²) < 4.78 is 2.06. The highest BCUT2D eigenvalue weighted by Gasteiger charge is 2.07. The van der Waals surface area contributed by atoms with Gasteiger partial charge in [0, 0.05) is 39.4 Å². The zero-order chi connectivity index (χ0) is 13.5. The molecule has 2 rings (SSSR count). The van der Waals surface area contributed by atoms with E-state index in [0.717, 1.165) is 26.1 Å². The van der Waals surface area contributed by atoms with E-state index in [9.17, 15) is 0 Å². The number of hydrogen-bond acceptors (Lipinski definition) is 3. The van der Waals surface area contributed by atoms with Crippen LogP contribution in [0.3, 0.4) is 0 Å². The van der Waals surface area contributed by atoms with E-state index < -0.39 is 0 Å². The minimum atomic E-state index is 0. The number of hydrogen-bond donors (Lipinski definition) is 1. The summed E-state index contributed by atoms with van der Waals surface area (Å²) in [7, 11) is 2.03. The third-order valence-electron chi connectivity index (χ3n) is 3.31. The first-order valence-corrected chi connectivity index (χ1v) is 6.71. The smallest absolute Gasteiger partial charge is 0.0945 e. The molecule has 0 amide bonds. The lowest BCUT2D eigenvalue weighted by Crippen LogP contribution is -2.31. The van der Waals surface area contributed by atoms with Gasteiger partial charge in [-0.3, -0.25) is 4.90 Å². The lowest BCUT2D eigenvalue weighted by Gasteiger charge is -2.21. The molecule has 0 atom stereocenters. The van der Waals surface area contributed by atoms with E-state index in [1.165, 1.54) is 11.3 Å². The van der Waals surface area contributed by atoms with Gasteiger partial charge in [0.15, 0.2) is 0 Å². The molecule has 5 heteroatoms. The van der Waals surface area contributed by atoms with E-state index in [1.807, 2.05) is 19.6 Å². The highest BCUT2D eigenvalue weighted by molar-refractivity contribution is 5.85. The van der Waals surface area contributed by atoms with Crippen molar-refractivity contribution >= 4 is 12.4 Å².